The highest BCUT2D eigenvalue weighted by Crippen LogP contribution is 2.13. The monoisotopic (exact) mass is 233 g/mol. The molecule has 0 fully saturated rings. The minimum atomic E-state index is -0.625. The number of aliphatic hydroxyl groups excluding tert-OH is 1. The maximum Gasteiger partial charge on any atom is 0.251 e. The van der Waals surface area contributed by atoms with Crippen LogP contribution in [-0.4, -0.2) is 33.4 Å². The number of hydrogen-bond donors (Lipinski definition) is 3. The molecule has 1 amide bonds. The van der Waals surface area contributed by atoms with Crippen LogP contribution >= 0.6 is 0 Å². The van der Waals surface area contributed by atoms with Crippen LogP contribution in [-0.2, 0) is 0 Å². The van der Waals surface area contributed by atoms with Gasteiger partial charge in [0.25, 0.3) is 5.91 Å². The van der Waals surface area contributed by atoms with E-state index in [1.165, 1.54) is 0 Å². The molecule has 2 aromatic rings. The summed E-state index contributed by atoms with van der Waals surface area (Å²) in [5.41, 5.74) is 0.739. The number of aliphatic hydroxyl groups is 1. The van der Waals surface area contributed by atoms with Crippen LogP contribution in [0.25, 0.3) is 10.9 Å². The second-order valence-corrected chi connectivity index (χ2v) is 4.67. The normalized spacial score (nSPS) is 11.7. The number of hydrogen-bond acceptors (Lipinski definition) is 3. The van der Waals surface area contributed by atoms with E-state index in [4.69, 9.17) is 5.11 Å². The summed E-state index contributed by atoms with van der Waals surface area (Å²) in [6.07, 6.45) is 1.70. The van der Waals surface area contributed by atoms with Gasteiger partial charge in [-0.05, 0) is 26.0 Å². The molecule has 3 N–H and O–H groups in total. The molecule has 0 atom stereocenters. The fourth-order valence-corrected chi connectivity index (χ4v) is 1.50. The first-order valence-corrected chi connectivity index (χ1v) is 5.38. The summed E-state index contributed by atoms with van der Waals surface area (Å²) in [5, 5.41) is 19.5. The maximum absolute atomic E-state index is 11.9. The van der Waals surface area contributed by atoms with Crippen molar-refractivity contribution in [2.45, 2.75) is 19.4 Å². The van der Waals surface area contributed by atoms with Crippen molar-refractivity contribution < 1.29 is 9.90 Å². The lowest BCUT2D eigenvalue weighted by atomic mass is 10.1. The Labute approximate surface area is 98.8 Å². The number of rotatable bonds is 3. The first kappa shape index (κ1) is 11.6. The molecule has 90 valence electrons. The summed E-state index contributed by atoms with van der Waals surface area (Å²) < 4.78 is 0. The van der Waals surface area contributed by atoms with Crippen molar-refractivity contribution in [2.75, 3.05) is 6.61 Å². The van der Waals surface area contributed by atoms with Gasteiger partial charge in [-0.2, -0.15) is 5.10 Å². The Morgan fingerprint density at radius 2 is 2.29 bits per heavy atom. The fraction of sp³-hybridized carbons (Fsp3) is 0.333. The van der Waals surface area contributed by atoms with Crippen LogP contribution in [0.15, 0.2) is 24.4 Å². The molecular weight excluding hydrogens is 218 g/mol. The third kappa shape index (κ3) is 2.45. The lowest BCUT2D eigenvalue weighted by molar-refractivity contribution is 0.0869. The number of nitrogens with zero attached hydrogens (tertiary/aromatic N) is 1. The lowest BCUT2D eigenvalue weighted by Crippen LogP contribution is -2.46. The predicted octanol–water partition coefficient (Wildman–Crippen LogP) is 1.06. The molecule has 0 aliphatic heterocycles. The van der Waals surface area contributed by atoms with E-state index >= 15 is 0 Å². The predicted molar refractivity (Wildman–Crippen MR) is 64.7 cm³/mol. The zero-order valence-corrected chi connectivity index (χ0v) is 9.82. The van der Waals surface area contributed by atoms with Gasteiger partial charge in [0.1, 0.15) is 0 Å². The number of benzene rings is 1. The van der Waals surface area contributed by atoms with E-state index in [0.29, 0.717) is 5.56 Å². The van der Waals surface area contributed by atoms with Crippen molar-refractivity contribution in [3.05, 3.63) is 30.0 Å². The summed E-state index contributed by atoms with van der Waals surface area (Å²) >= 11 is 0. The van der Waals surface area contributed by atoms with Gasteiger partial charge in [-0.1, -0.05) is 6.07 Å². The van der Waals surface area contributed by atoms with E-state index in [1.807, 2.05) is 6.07 Å². The third-order valence-electron chi connectivity index (χ3n) is 2.55. The minimum absolute atomic E-state index is 0.106. The number of carbonyl (C=O) groups excluding carboxylic acids is 1. The summed E-state index contributed by atoms with van der Waals surface area (Å²) in [5.74, 6) is -0.208. The number of amides is 1. The average Bonchev–Trinajstić information content (AvgIpc) is 2.75. The largest absolute Gasteiger partial charge is 0.394 e. The van der Waals surface area contributed by atoms with E-state index in [9.17, 15) is 4.79 Å². The van der Waals surface area contributed by atoms with Crippen LogP contribution in [0.2, 0.25) is 0 Å². The van der Waals surface area contributed by atoms with Gasteiger partial charge in [0.15, 0.2) is 0 Å². The summed E-state index contributed by atoms with van der Waals surface area (Å²) in [6, 6.07) is 5.31. The number of aromatic nitrogens is 2. The Kier molecular flexibility index (Phi) is 2.85. The van der Waals surface area contributed by atoms with E-state index in [2.05, 4.69) is 15.5 Å². The average molecular weight is 233 g/mol. The van der Waals surface area contributed by atoms with Crippen molar-refractivity contribution in [3.8, 4) is 0 Å². The van der Waals surface area contributed by atoms with Gasteiger partial charge in [0, 0.05) is 10.9 Å². The van der Waals surface area contributed by atoms with Crippen LogP contribution < -0.4 is 5.32 Å². The van der Waals surface area contributed by atoms with Crippen molar-refractivity contribution in [2.24, 2.45) is 0 Å². The second kappa shape index (κ2) is 4.18. The van der Waals surface area contributed by atoms with Crippen molar-refractivity contribution >= 4 is 16.8 Å². The van der Waals surface area contributed by atoms with Gasteiger partial charge in [-0.15, -0.1) is 0 Å². The Balaban J connectivity index is 2.24. The van der Waals surface area contributed by atoms with Gasteiger partial charge in [-0.3, -0.25) is 9.89 Å². The SMILES string of the molecule is CC(C)(CO)NC(=O)c1ccc2cn[nH]c2c1. The Morgan fingerprint density at radius 1 is 1.53 bits per heavy atom. The topological polar surface area (TPSA) is 78.0 Å². The van der Waals surface area contributed by atoms with Crippen LogP contribution in [0.3, 0.4) is 0 Å². The summed E-state index contributed by atoms with van der Waals surface area (Å²) in [7, 11) is 0. The zero-order chi connectivity index (χ0) is 12.5. The van der Waals surface area contributed by atoms with Crippen molar-refractivity contribution in [1.82, 2.24) is 15.5 Å². The molecule has 5 nitrogen and oxygen atoms in total. The molecular formula is C12H15N3O2. The van der Waals surface area contributed by atoms with Crippen LogP contribution in [0, 0.1) is 0 Å². The first-order chi connectivity index (χ1) is 8.02. The Hall–Kier alpha value is -1.88. The number of carbonyl (C=O) groups is 1. The van der Waals surface area contributed by atoms with E-state index < -0.39 is 5.54 Å². The highest BCUT2D eigenvalue weighted by molar-refractivity contribution is 5.98. The Morgan fingerprint density at radius 3 is 3.00 bits per heavy atom. The number of nitrogens with one attached hydrogen (secondary N) is 2. The smallest absolute Gasteiger partial charge is 0.251 e. The molecule has 0 unspecified atom stereocenters. The van der Waals surface area contributed by atoms with Crippen LogP contribution in [0.5, 0.6) is 0 Å². The molecule has 1 aromatic carbocycles. The minimum Gasteiger partial charge on any atom is -0.394 e. The molecule has 2 rings (SSSR count). The lowest BCUT2D eigenvalue weighted by Gasteiger charge is -2.23. The first-order valence-electron chi connectivity index (χ1n) is 5.38. The van der Waals surface area contributed by atoms with Crippen molar-refractivity contribution in [1.29, 1.82) is 0 Å². The zero-order valence-electron chi connectivity index (χ0n) is 9.82. The molecule has 5 heteroatoms. The molecule has 1 heterocycles. The van der Waals surface area contributed by atoms with Gasteiger partial charge in [-0.25, -0.2) is 0 Å². The number of H-pyrrole nitrogens is 1. The molecule has 0 saturated heterocycles. The van der Waals surface area contributed by atoms with Gasteiger partial charge in [0.05, 0.1) is 23.9 Å². The molecule has 0 bridgehead atoms. The number of fused-ring (bicyclic) bond motifs is 1. The van der Waals surface area contributed by atoms with E-state index in [0.717, 1.165) is 10.9 Å². The molecule has 0 aliphatic carbocycles. The standard InChI is InChI=1S/C12H15N3O2/c1-12(2,7-16)14-11(17)8-3-4-9-6-13-15-10(9)5-8/h3-6,16H,7H2,1-2H3,(H,13,15)(H,14,17). The van der Waals surface area contributed by atoms with Gasteiger partial charge in [0.2, 0.25) is 0 Å². The quantitative estimate of drug-likeness (QED) is 0.741. The highest BCUT2D eigenvalue weighted by Gasteiger charge is 2.20. The molecule has 0 saturated carbocycles. The second-order valence-electron chi connectivity index (χ2n) is 4.67. The fourth-order valence-electron chi connectivity index (χ4n) is 1.50. The summed E-state index contributed by atoms with van der Waals surface area (Å²) in [4.78, 5) is 11.9. The van der Waals surface area contributed by atoms with Crippen molar-refractivity contribution in [3.63, 3.8) is 0 Å². The molecule has 0 spiro atoms. The summed E-state index contributed by atoms with van der Waals surface area (Å²) in [6.45, 7) is 3.42. The molecule has 17 heavy (non-hydrogen) atoms. The van der Waals surface area contributed by atoms with Gasteiger partial charge < -0.3 is 10.4 Å². The van der Waals surface area contributed by atoms with Crippen LogP contribution in [0.1, 0.15) is 24.2 Å². The van der Waals surface area contributed by atoms with Crippen LogP contribution in [0.4, 0.5) is 0 Å². The molecule has 0 radical (unpaired) electrons. The maximum atomic E-state index is 11.9. The van der Waals surface area contributed by atoms with E-state index in [1.54, 1.807) is 32.2 Å². The highest BCUT2D eigenvalue weighted by atomic mass is 16.3. The number of aromatic amines is 1. The molecule has 1 aromatic heterocycles. The molecule has 0 aliphatic rings. The van der Waals surface area contributed by atoms with E-state index in [-0.39, 0.29) is 12.5 Å². The Bertz CT molecular complexity index is 545. The van der Waals surface area contributed by atoms with Gasteiger partial charge >= 0.3 is 0 Å². The third-order valence-corrected chi connectivity index (χ3v) is 2.55.